The van der Waals surface area contributed by atoms with Gasteiger partial charge >= 0.3 is 5.97 Å². The summed E-state index contributed by atoms with van der Waals surface area (Å²) in [5, 5.41) is 3.90. The number of aromatic nitrogens is 1. The first-order valence-electron chi connectivity index (χ1n) is 7.95. The van der Waals surface area contributed by atoms with Crippen LogP contribution in [0.15, 0.2) is 22.7 Å². The van der Waals surface area contributed by atoms with Crippen LogP contribution in [0, 0.1) is 13.8 Å². The number of methoxy groups -OCH3 is 1. The quantitative estimate of drug-likeness (QED) is 0.810. The Morgan fingerprint density at radius 2 is 2.12 bits per heavy atom. The van der Waals surface area contributed by atoms with Crippen molar-refractivity contribution < 1.29 is 18.8 Å². The number of aryl methyl sites for hydroxylation is 2. The highest BCUT2D eigenvalue weighted by atomic mass is 16.5. The van der Waals surface area contributed by atoms with Crippen LogP contribution in [0.1, 0.15) is 39.4 Å². The number of nitrogens with zero attached hydrogens (tertiary/aromatic N) is 2. The Kier molecular flexibility index (Phi) is 4.38. The number of benzene rings is 1. The Morgan fingerprint density at radius 1 is 1.33 bits per heavy atom. The first-order chi connectivity index (χ1) is 11.5. The minimum atomic E-state index is -0.369. The molecule has 0 unspecified atom stereocenters. The van der Waals surface area contributed by atoms with Gasteiger partial charge in [0.25, 0.3) is 0 Å². The van der Waals surface area contributed by atoms with Gasteiger partial charge in [-0.05, 0) is 44.4 Å². The van der Waals surface area contributed by atoms with E-state index >= 15 is 0 Å². The summed E-state index contributed by atoms with van der Waals surface area (Å²) >= 11 is 0. The normalized spacial score (nSPS) is 13.5. The van der Waals surface area contributed by atoms with E-state index in [1.165, 1.54) is 7.11 Å². The maximum atomic E-state index is 12.8. The lowest BCUT2D eigenvalue weighted by Crippen LogP contribution is -2.37. The predicted octanol–water partition coefficient (Wildman–Crippen LogP) is 2.60. The van der Waals surface area contributed by atoms with Crippen LogP contribution in [0.25, 0.3) is 0 Å². The molecule has 3 rings (SSSR count). The average Bonchev–Trinajstić information content (AvgIpc) is 2.91. The minimum Gasteiger partial charge on any atom is -0.465 e. The molecule has 6 nitrogen and oxygen atoms in total. The molecule has 1 aromatic carbocycles. The summed E-state index contributed by atoms with van der Waals surface area (Å²) in [7, 11) is 1.37. The lowest BCUT2D eigenvalue weighted by atomic mass is 9.95. The largest absolute Gasteiger partial charge is 0.465 e. The molecule has 2 heterocycles. The van der Waals surface area contributed by atoms with Gasteiger partial charge in [0, 0.05) is 17.8 Å². The van der Waals surface area contributed by atoms with Gasteiger partial charge in [-0.15, -0.1) is 0 Å². The maximum absolute atomic E-state index is 12.8. The number of hydrogen-bond donors (Lipinski definition) is 0. The second-order valence-corrected chi connectivity index (χ2v) is 5.92. The highest BCUT2D eigenvalue weighted by Gasteiger charge is 2.27. The van der Waals surface area contributed by atoms with Crippen LogP contribution in [0.5, 0.6) is 0 Å². The Hall–Kier alpha value is -2.63. The number of esters is 1. The Balaban J connectivity index is 1.92. The second kappa shape index (κ2) is 6.47. The van der Waals surface area contributed by atoms with Crippen molar-refractivity contribution in [2.24, 2.45) is 0 Å². The number of rotatable bonds is 3. The molecule has 1 aliphatic rings. The van der Waals surface area contributed by atoms with Crippen LogP contribution >= 0.6 is 0 Å². The molecule has 0 N–H and O–H groups in total. The fourth-order valence-corrected chi connectivity index (χ4v) is 3.19. The zero-order valence-electron chi connectivity index (χ0n) is 14.1. The van der Waals surface area contributed by atoms with Crippen LogP contribution in [0.3, 0.4) is 0 Å². The van der Waals surface area contributed by atoms with Gasteiger partial charge in [0.2, 0.25) is 5.91 Å². The molecule has 24 heavy (non-hydrogen) atoms. The third-order valence-corrected chi connectivity index (χ3v) is 4.47. The summed E-state index contributed by atoms with van der Waals surface area (Å²) < 4.78 is 9.99. The van der Waals surface area contributed by atoms with Crippen molar-refractivity contribution in [2.45, 2.75) is 33.1 Å². The first kappa shape index (κ1) is 16.2. The van der Waals surface area contributed by atoms with Gasteiger partial charge in [0.05, 0.1) is 24.8 Å². The van der Waals surface area contributed by atoms with Crippen molar-refractivity contribution in [3.8, 4) is 0 Å². The predicted molar refractivity (Wildman–Crippen MR) is 88.1 cm³/mol. The maximum Gasteiger partial charge on any atom is 0.338 e. The SMILES string of the molecule is COC(=O)c1cccc2c1CCCN2C(=O)Cc1c(C)noc1C. The van der Waals surface area contributed by atoms with Crippen LogP contribution in [-0.4, -0.2) is 30.7 Å². The van der Waals surface area contributed by atoms with E-state index in [-0.39, 0.29) is 18.3 Å². The van der Waals surface area contributed by atoms with E-state index in [1.807, 2.05) is 19.9 Å². The van der Waals surface area contributed by atoms with Gasteiger partial charge in [-0.3, -0.25) is 4.79 Å². The van der Waals surface area contributed by atoms with E-state index in [4.69, 9.17) is 9.26 Å². The van der Waals surface area contributed by atoms with Crippen LogP contribution < -0.4 is 4.90 Å². The number of amides is 1. The van der Waals surface area contributed by atoms with E-state index < -0.39 is 0 Å². The molecule has 0 atom stereocenters. The summed E-state index contributed by atoms with van der Waals surface area (Å²) in [5.41, 5.74) is 3.77. The Labute approximate surface area is 140 Å². The van der Waals surface area contributed by atoms with Crippen molar-refractivity contribution in [1.82, 2.24) is 5.16 Å². The Morgan fingerprint density at radius 3 is 2.79 bits per heavy atom. The van der Waals surface area contributed by atoms with Gasteiger partial charge in [-0.2, -0.15) is 0 Å². The second-order valence-electron chi connectivity index (χ2n) is 5.92. The number of fused-ring (bicyclic) bond motifs is 1. The highest BCUT2D eigenvalue weighted by Crippen LogP contribution is 2.31. The summed E-state index contributed by atoms with van der Waals surface area (Å²) in [5.74, 6) is 0.278. The third kappa shape index (κ3) is 2.79. The van der Waals surface area contributed by atoms with Crippen molar-refractivity contribution in [3.63, 3.8) is 0 Å². The van der Waals surface area contributed by atoms with Crippen molar-refractivity contribution in [1.29, 1.82) is 0 Å². The average molecular weight is 328 g/mol. The van der Waals surface area contributed by atoms with Crippen molar-refractivity contribution in [2.75, 3.05) is 18.6 Å². The molecule has 6 heteroatoms. The molecule has 1 aromatic heterocycles. The van der Waals surface area contributed by atoms with Gasteiger partial charge in [0.1, 0.15) is 5.76 Å². The monoisotopic (exact) mass is 328 g/mol. The van der Waals surface area contributed by atoms with Crippen LogP contribution in [-0.2, 0) is 22.4 Å². The molecule has 0 saturated heterocycles. The van der Waals surface area contributed by atoms with E-state index in [1.54, 1.807) is 17.0 Å². The lowest BCUT2D eigenvalue weighted by molar-refractivity contribution is -0.118. The molecule has 0 aliphatic carbocycles. The standard InChI is InChI=1S/C18H20N2O4/c1-11-15(12(2)24-19-11)10-17(21)20-9-5-7-13-14(18(22)23-3)6-4-8-16(13)20/h4,6,8H,5,7,9-10H2,1-3H3. The smallest absolute Gasteiger partial charge is 0.338 e. The molecule has 0 spiro atoms. The number of carbonyl (C=O) groups is 2. The molecule has 1 aliphatic heterocycles. The number of carbonyl (C=O) groups excluding carboxylic acids is 2. The molecule has 0 radical (unpaired) electrons. The number of ether oxygens (including phenoxy) is 1. The van der Waals surface area contributed by atoms with E-state index in [0.29, 0.717) is 17.9 Å². The summed E-state index contributed by atoms with van der Waals surface area (Å²) in [6.45, 7) is 4.28. The van der Waals surface area contributed by atoms with Crippen molar-refractivity contribution >= 4 is 17.6 Å². The third-order valence-electron chi connectivity index (χ3n) is 4.47. The number of hydrogen-bond acceptors (Lipinski definition) is 5. The van der Waals surface area contributed by atoms with E-state index in [9.17, 15) is 9.59 Å². The molecule has 0 saturated carbocycles. The highest BCUT2D eigenvalue weighted by molar-refractivity contribution is 5.99. The lowest BCUT2D eigenvalue weighted by Gasteiger charge is -2.30. The molecule has 126 valence electrons. The zero-order chi connectivity index (χ0) is 17.3. The zero-order valence-corrected chi connectivity index (χ0v) is 14.1. The summed E-state index contributed by atoms with van der Waals surface area (Å²) in [6, 6.07) is 5.41. The van der Waals surface area contributed by atoms with Gasteiger partial charge in [0.15, 0.2) is 0 Å². The van der Waals surface area contributed by atoms with Gasteiger partial charge < -0.3 is 14.2 Å². The van der Waals surface area contributed by atoms with E-state index in [2.05, 4.69) is 5.16 Å². The Bertz CT molecular complexity index is 775. The topological polar surface area (TPSA) is 72.6 Å². The molecule has 1 amide bonds. The van der Waals surface area contributed by atoms with E-state index in [0.717, 1.165) is 35.3 Å². The first-order valence-corrected chi connectivity index (χ1v) is 7.95. The minimum absolute atomic E-state index is 0.0210. The molecule has 0 bridgehead atoms. The molecular weight excluding hydrogens is 308 g/mol. The molecular formula is C18H20N2O4. The van der Waals surface area contributed by atoms with Gasteiger partial charge in [-0.1, -0.05) is 11.2 Å². The van der Waals surface area contributed by atoms with Gasteiger partial charge in [-0.25, -0.2) is 4.79 Å². The van der Waals surface area contributed by atoms with Crippen LogP contribution in [0.4, 0.5) is 5.69 Å². The fraction of sp³-hybridized carbons (Fsp3) is 0.389. The summed E-state index contributed by atoms with van der Waals surface area (Å²) in [6.07, 6.45) is 1.81. The molecule has 2 aromatic rings. The van der Waals surface area contributed by atoms with Crippen molar-refractivity contribution in [3.05, 3.63) is 46.3 Å². The summed E-state index contributed by atoms with van der Waals surface area (Å²) in [4.78, 5) is 26.5. The van der Waals surface area contributed by atoms with Crippen LogP contribution in [0.2, 0.25) is 0 Å². The fourth-order valence-electron chi connectivity index (χ4n) is 3.19. The number of anilines is 1. The molecule has 0 fully saturated rings.